The van der Waals surface area contributed by atoms with E-state index in [0.717, 1.165) is 10.8 Å². The average Bonchev–Trinajstić information content (AvgIpc) is 2.72. The number of nitrogens with one attached hydrogen (secondary N) is 2. The van der Waals surface area contributed by atoms with Crippen LogP contribution in [0.25, 0.3) is 10.8 Å². The van der Waals surface area contributed by atoms with E-state index in [4.69, 9.17) is 10.00 Å². The molecule has 0 aliphatic rings. The van der Waals surface area contributed by atoms with Gasteiger partial charge in [-0.3, -0.25) is 9.59 Å². The lowest BCUT2D eigenvalue weighted by Crippen LogP contribution is -2.18. The Bertz CT molecular complexity index is 1130. The summed E-state index contributed by atoms with van der Waals surface area (Å²) < 4.78 is 5.48. The molecule has 0 saturated heterocycles. The van der Waals surface area contributed by atoms with Crippen molar-refractivity contribution >= 4 is 34.5 Å². The van der Waals surface area contributed by atoms with E-state index in [-0.39, 0.29) is 12.5 Å². The molecule has 0 saturated carbocycles. The summed E-state index contributed by atoms with van der Waals surface area (Å²) in [6, 6.07) is 19.8. The number of anilines is 1. The summed E-state index contributed by atoms with van der Waals surface area (Å²) >= 11 is 0. The predicted molar refractivity (Wildman–Crippen MR) is 111 cm³/mol. The van der Waals surface area contributed by atoms with Gasteiger partial charge in [0.05, 0.1) is 6.21 Å². The number of amides is 2. The third-order valence-electron chi connectivity index (χ3n) is 4.03. The first-order valence-corrected chi connectivity index (χ1v) is 8.81. The minimum atomic E-state index is -0.423. The van der Waals surface area contributed by atoms with Crippen LogP contribution < -0.4 is 15.5 Å². The van der Waals surface area contributed by atoms with Gasteiger partial charge in [-0.25, -0.2) is 5.43 Å². The number of hydrazone groups is 1. The van der Waals surface area contributed by atoms with Crippen molar-refractivity contribution in [3.05, 3.63) is 71.8 Å². The standard InChI is InChI=1S/C22H18N4O3/c1-15(27)25-18-7-4-6-17(13-18)22(28)26-24-14-20-19-8-3-2-5-16(19)9-10-21(20)29-12-11-23/h2-10,13-14H,12H2,1H3,(H,25,27)(H,26,28)/b24-14-. The summed E-state index contributed by atoms with van der Waals surface area (Å²) in [6.45, 7) is 1.30. The van der Waals surface area contributed by atoms with Crippen molar-refractivity contribution in [1.29, 1.82) is 5.26 Å². The second-order valence-corrected chi connectivity index (χ2v) is 6.11. The molecule has 7 nitrogen and oxygen atoms in total. The van der Waals surface area contributed by atoms with Crippen molar-refractivity contribution in [3.63, 3.8) is 0 Å². The van der Waals surface area contributed by atoms with Gasteiger partial charge in [0, 0.05) is 23.7 Å². The molecule has 0 atom stereocenters. The van der Waals surface area contributed by atoms with Crippen molar-refractivity contribution in [3.8, 4) is 11.8 Å². The van der Waals surface area contributed by atoms with Crippen molar-refractivity contribution in [2.45, 2.75) is 6.92 Å². The molecule has 3 rings (SSSR count). The van der Waals surface area contributed by atoms with E-state index < -0.39 is 5.91 Å². The Morgan fingerprint density at radius 3 is 2.76 bits per heavy atom. The average molecular weight is 386 g/mol. The molecule has 0 unspecified atom stereocenters. The number of hydrogen-bond acceptors (Lipinski definition) is 5. The number of fused-ring (bicyclic) bond motifs is 1. The minimum Gasteiger partial charge on any atom is -0.478 e. The SMILES string of the molecule is CC(=O)Nc1cccc(C(=O)N/N=C\c2c(OCC#N)ccc3ccccc23)c1. The molecule has 0 radical (unpaired) electrons. The van der Waals surface area contributed by atoms with Crippen LogP contribution in [0.5, 0.6) is 5.75 Å². The molecule has 2 N–H and O–H groups in total. The van der Waals surface area contributed by atoms with Crippen molar-refractivity contribution in [2.24, 2.45) is 5.10 Å². The highest BCUT2D eigenvalue weighted by Crippen LogP contribution is 2.26. The number of carbonyl (C=O) groups excluding carboxylic acids is 2. The molecule has 3 aromatic rings. The Balaban J connectivity index is 1.82. The van der Waals surface area contributed by atoms with Gasteiger partial charge in [-0.1, -0.05) is 36.4 Å². The second-order valence-electron chi connectivity index (χ2n) is 6.11. The van der Waals surface area contributed by atoms with Crippen molar-refractivity contribution < 1.29 is 14.3 Å². The largest absolute Gasteiger partial charge is 0.478 e. The molecule has 144 valence electrons. The van der Waals surface area contributed by atoms with Gasteiger partial charge < -0.3 is 10.1 Å². The van der Waals surface area contributed by atoms with Crippen LogP contribution in [-0.2, 0) is 4.79 Å². The van der Waals surface area contributed by atoms with Crippen LogP contribution in [0.2, 0.25) is 0 Å². The molecule has 7 heteroatoms. The molecule has 29 heavy (non-hydrogen) atoms. The Morgan fingerprint density at radius 2 is 1.97 bits per heavy atom. The quantitative estimate of drug-likeness (QED) is 0.500. The zero-order chi connectivity index (χ0) is 20.6. The summed E-state index contributed by atoms with van der Waals surface area (Å²) in [5.74, 6) is -0.148. The highest BCUT2D eigenvalue weighted by atomic mass is 16.5. The van der Waals surface area contributed by atoms with Gasteiger partial charge >= 0.3 is 0 Å². The van der Waals surface area contributed by atoms with Gasteiger partial charge in [0.15, 0.2) is 6.61 Å². The summed E-state index contributed by atoms with van der Waals surface area (Å²) in [6.07, 6.45) is 1.49. The number of nitrogens with zero attached hydrogens (tertiary/aromatic N) is 2. The second kappa shape index (κ2) is 9.15. The Labute approximate surface area is 167 Å². The third kappa shape index (κ3) is 4.96. The fourth-order valence-electron chi connectivity index (χ4n) is 2.81. The van der Waals surface area contributed by atoms with E-state index in [1.54, 1.807) is 30.3 Å². The fourth-order valence-corrected chi connectivity index (χ4v) is 2.81. The van der Waals surface area contributed by atoms with E-state index in [2.05, 4.69) is 15.8 Å². The lowest BCUT2D eigenvalue weighted by Gasteiger charge is -2.09. The molecule has 0 heterocycles. The first kappa shape index (κ1) is 19.6. The highest BCUT2D eigenvalue weighted by molar-refractivity contribution is 6.03. The minimum absolute atomic E-state index is 0.0958. The summed E-state index contributed by atoms with van der Waals surface area (Å²) in [4.78, 5) is 23.6. The van der Waals surface area contributed by atoms with Gasteiger partial charge in [-0.15, -0.1) is 0 Å². The maximum absolute atomic E-state index is 12.4. The third-order valence-corrected chi connectivity index (χ3v) is 4.03. The smallest absolute Gasteiger partial charge is 0.271 e. The highest BCUT2D eigenvalue weighted by Gasteiger charge is 2.09. The number of rotatable bonds is 6. The van der Waals surface area contributed by atoms with Crippen LogP contribution in [0, 0.1) is 11.3 Å². The Hall–Kier alpha value is -4.18. The number of benzene rings is 3. The topological polar surface area (TPSA) is 104 Å². The van der Waals surface area contributed by atoms with Gasteiger partial charge in [-0.05, 0) is 35.0 Å². The van der Waals surface area contributed by atoms with E-state index in [9.17, 15) is 9.59 Å². The van der Waals surface area contributed by atoms with Crippen LogP contribution in [0.1, 0.15) is 22.8 Å². The van der Waals surface area contributed by atoms with Crippen LogP contribution in [0.3, 0.4) is 0 Å². The lowest BCUT2D eigenvalue weighted by molar-refractivity contribution is -0.114. The zero-order valence-electron chi connectivity index (χ0n) is 15.7. The molecule has 0 spiro atoms. The maximum Gasteiger partial charge on any atom is 0.271 e. The van der Waals surface area contributed by atoms with E-state index in [1.165, 1.54) is 13.1 Å². The van der Waals surface area contributed by atoms with E-state index in [0.29, 0.717) is 22.6 Å². The van der Waals surface area contributed by atoms with Gasteiger partial charge in [0.2, 0.25) is 5.91 Å². The van der Waals surface area contributed by atoms with Gasteiger partial charge in [0.1, 0.15) is 11.8 Å². The summed E-state index contributed by atoms with van der Waals surface area (Å²) in [5, 5.41) is 17.3. The van der Waals surface area contributed by atoms with Crippen LogP contribution in [-0.4, -0.2) is 24.6 Å². The molecule has 0 bridgehead atoms. The molecule has 0 aliphatic carbocycles. The van der Waals surface area contributed by atoms with E-state index in [1.807, 2.05) is 36.4 Å². The Morgan fingerprint density at radius 1 is 1.14 bits per heavy atom. The summed E-state index contributed by atoms with van der Waals surface area (Å²) in [7, 11) is 0. The first-order valence-electron chi connectivity index (χ1n) is 8.81. The molecular weight excluding hydrogens is 368 g/mol. The lowest BCUT2D eigenvalue weighted by atomic mass is 10.0. The van der Waals surface area contributed by atoms with Crippen LogP contribution in [0.15, 0.2) is 65.8 Å². The number of nitriles is 1. The molecule has 0 fully saturated rings. The van der Waals surface area contributed by atoms with Gasteiger partial charge in [-0.2, -0.15) is 10.4 Å². The number of hydrogen-bond donors (Lipinski definition) is 2. The normalized spacial score (nSPS) is 10.5. The molecule has 0 aromatic heterocycles. The van der Waals surface area contributed by atoms with Crippen LogP contribution in [0.4, 0.5) is 5.69 Å². The monoisotopic (exact) mass is 386 g/mol. The van der Waals surface area contributed by atoms with E-state index >= 15 is 0 Å². The first-order chi connectivity index (χ1) is 14.1. The summed E-state index contributed by atoms with van der Waals surface area (Å²) in [5.41, 5.74) is 4.01. The predicted octanol–water partition coefficient (Wildman–Crippen LogP) is 3.46. The number of ether oxygens (including phenoxy) is 1. The molecule has 3 aromatic carbocycles. The maximum atomic E-state index is 12.4. The van der Waals surface area contributed by atoms with Crippen molar-refractivity contribution in [1.82, 2.24) is 5.43 Å². The zero-order valence-corrected chi connectivity index (χ0v) is 15.7. The molecule has 2 amide bonds. The van der Waals surface area contributed by atoms with Crippen molar-refractivity contribution in [2.75, 3.05) is 11.9 Å². The Kier molecular flexibility index (Phi) is 6.18. The van der Waals surface area contributed by atoms with Crippen LogP contribution >= 0.6 is 0 Å². The molecular formula is C22H18N4O3. The van der Waals surface area contributed by atoms with Gasteiger partial charge in [0.25, 0.3) is 5.91 Å². The number of carbonyl (C=O) groups is 2. The molecule has 0 aliphatic heterocycles. The fraction of sp³-hybridized carbons (Fsp3) is 0.0909.